The zero-order chi connectivity index (χ0) is 16.1. The number of piperazine rings is 1. The van der Waals surface area contributed by atoms with Crippen LogP contribution >= 0.6 is 0 Å². The molecular formula is C15H23N5O2. The van der Waals surface area contributed by atoms with Crippen LogP contribution in [0.2, 0.25) is 0 Å². The van der Waals surface area contributed by atoms with Crippen LogP contribution in [0.3, 0.4) is 0 Å². The van der Waals surface area contributed by atoms with Gasteiger partial charge in [0.2, 0.25) is 11.8 Å². The summed E-state index contributed by atoms with van der Waals surface area (Å²) in [5.74, 6) is -0.225. The molecule has 0 aromatic carbocycles. The standard InChI is InChI=1S/C15H23N5O2/c1-4-6-20-11(2)12(9-18-20)10-19-7-5-17-15(22)13(19)8-14(21)16-3/h4,9,13H,1,5-8,10H2,2-3H3,(H,16,21)(H,17,22)/t13-/m0/s1. The minimum Gasteiger partial charge on any atom is -0.359 e. The van der Waals surface area contributed by atoms with Crippen molar-refractivity contribution in [3.63, 3.8) is 0 Å². The number of hydrogen-bond donors (Lipinski definition) is 2. The Morgan fingerprint density at radius 2 is 2.41 bits per heavy atom. The Morgan fingerprint density at radius 1 is 1.64 bits per heavy atom. The molecule has 2 amide bonds. The SMILES string of the molecule is C=CCn1ncc(CN2CCNC(=O)[C@@H]2CC(=O)NC)c1C. The van der Waals surface area contributed by atoms with E-state index in [1.165, 1.54) is 0 Å². The summed E-state index contributed by atoms with van der Waals surface area (Å²) < 4.78 is 1.88. The second-order valence-electron chi connectivity index (χ2n) is 5.38. The molecule has 1 saturated heterocycles. The Morgan fingerprint density at radius 3 is 3.09 bits per heavy atom. The van der Waals surface area contributed by atoms with Gasteiger partial charge in [-0.3, -0.25) is 19.2 Å². The number of allylic oxidation sites excluding steroid dienone is 1. The van der Waals surface area contributed by atoms with E-state index in [2.05, 4.69) is 22.3 Å². The van der Waals surface area contributed by atoms with E-state index in [1.807, 2.05) is 22.7 Å². The molecule has 1 aliphatic heterocycles. The van der Waals surface area contributed by atoms with Gasteiger partial charge in [0.15, 0.2) is 0 Å². The molecule has 7 heteroatoms. The van der Waals surface area contributed by atoms with Crippen molar-refractivity contribution in [2.75, 3.05) is 20.1 Å². The van der Waals surface area contributed by atoms with Gasteiger partial charge in [0.05, 0.1) is 25.2 Å². The number of hydrogen-bond acceptors (Lipinski definition) is 4. The van der Waals surface area contributed by atoms with Crippen LogP contribution in [0.1, 0.15) is 17.7 Å². The van der Waals surface area contributed by atoms with Crippen molar-refractivity contribution < 1.29 is 9.59 Å². The minimum absolute atomic E-state index is 0.0917. The number of rotatable bonds is 6. The molecule has 0 radical (unpaired) electrons. The molecule has 1 aliphatic rings. The van der Waals surface area contributed by atoms with Crippen LogP contribution in [-0.4, -0.2) is 52.7 Å². The van der Waals surface area contributed by atoms with Gasteiger partial charge < -0.3 is 10.6 Å². The van der Waals surface area contributed by atoms with Crippen LogP contribution in [0, 0.1) is 6.92 Å². The van der Waals surface area contributed by atoms with Gasteiger partial charge in [0, 0.05) is 37.9 Å². The molecule has 22 heavy (non-hydrogen) atoms. The summed E-state index contributed by atoms with van der Waals surface area (Å²) in [6.45, 7) is 8.31. The molecule has 120 valence electrons. The Labute approximate surface area is 130 Å². The molecule has 0 saturated carbocycles. The molecular weight excluding hydrogens is 282 g/mol. The molecule has 1 aromatic heterocycles. The highest BCUT2D eigenvalue weighted by atomic mass is 16.2. The van der Waals surface area contributed by atoms with E-state index < -0.39 is 6.04 Å². The second-order valence-corrected chi connectivity index (χ2v) is 5.38. The average Bonchev–Trinajstić information content (AvgIpc) is 2.84. The fraction of sp³-hybridized carbons (Fsp3) is 0.533. The Bertz CT molecular complexity index is 566. The lowest BCUT2D eigenvalue weighted by atomic mass is 10.1. The van der Waals surface area contributed by atoms with Gasteiger partial charge in [0.25, 0.3) is 0 Å². The summed E-state index contributed by atoms with van der Waals surface area (Å²) in [5, 5.41) is 9.73. The lowest BCUT2D eigenvalue weighted by molar-refractivity contribution is -0.134. The highest BCUT2D eigenvalue weighted by molar-refractivity contribution is 5.88. The number of aromatic nitrogens is 2. The van der Waals surface area contributed by atoms with Gasteiger partial charge in [-0.05, 0) is 6.92 Å². The number of nitrogens with zero attached hydrogens (tertiary/aromatic N) is 3. The first-order valence-electron chi connectivity index (χ1n) is 7.41. The molecule has 1 atom stereocenters. The van der Waals surface area contributed by atoms with Crippen LogP contribution in [0.4, 0.5) is 0 Å². The first kappa shape index (κ1) is 16.2. The smallest absolute Gasteiger partial charge is 0.237 e. The van der Waals surface area contributed by atoms with Crippen molar-refractivity contribution in [3.8, 4) is 0 Å². The van der Waals surface area contributed by atoms with Gasteiger partial charge >= 0.3 is 0 Å². The number of carbonyl (C=O) groups is 2. The van der Waals surface area contributed by atoms with Gasteiger partial charge in [-0.2, -0.15) is 5.10 Å². The van der Waals surface area contributed by atoms with Gasteiger partial charge in [-0.1, -0.05) is 6.08 Å². The molecule has 2 rings (SSSR count). The molecule has 0 unspecified atom stereocenters. The maximum absolute atomic E-state index is 12.1. The third kappa shape index (κ3) is 3.54. The van der Waals surface area contributed by atoms with E-state index in [0.29, 0.717) is 19.6 Å². The summed E-state index contributed by atoms with van der Waals surface area (Å²) in [6.07, 6.45) is 3.79. The lowest BCUT2D eigenvalue weighted by Crippen LogP contribution is -2.56. The van der Waals surface area contributed by atoms with Crippen LogP contribution in [0.5, 0.6) is 0 Å². The van der Waals surface area contributed by atoms with E-state index in [9.17, 15) is 9.59 Å². The van der Waals surface area contributed by atoms with E-state index in [0.717, 1.165) is 17.8 Å². The summed E-state index contributed by atoms with van der Waals surface area (Å²) in [7, 11) is 1.58. The summed E-state index contributed by atoms with van der Waals surface area (Å²) in [6, 6.07) is -0.434. The van der Waals surface area contributed by atoms with Gasteiger partial charge in [0.1, 0.15) is 0 Å². The van der Waals surface area contributed by atoms with E-state index in [4.69, 9.17) is 0 Å². The normalized spacial score (nSPS) is 18.8. The van der Waals surface area contributed by atoms with Crippen molar-refractivity contribution in [2.45, 2.75) is 32.5 Å². The summed E-state index contributed by atoms with van der Waals surface area (Å²) in [5.41, 5.74) is 2.13. The maximum atomic E-state index is 12.1. The highest BCUT2D eigenvalue weighted by Gasteiger charge is 2.31. The largest absolute Gasteiger partial charge is 0.359 e. The van der Waals surface area contributed by atoms with Crippen molar-refractivity contribution in [2.24, 2.45) is 0 Å². The maximum Gasteiger partial charge on any atom is 0.237 e. The topological polar surface area (TPSA) is 79.3 Å². The van der Waals surface area contributed by atoms with E-state index >= 15 is 0 Å². The number of carbonyl (C=O) groups excluding carboxylic acids is 2. The molecule has 1 fully saturated rings. The highest BCUT2D eigenvalue weighted by Crippen LogP contribution is 2.16. The molecule has 0 aliphatic carbocycles. The monoisotopic (exact) mass is 305 g/mol. The first-order chi connectivity index (χ1) is 10.6. The van der Waals surface area contributed by atoms with Gasteiger partial charge in [-0.15, -0.1) is 6.58 Å². The predicted molar refractivity (Wildman–Crippen MR) is 83.1 cm³/mol. The zero-order valence-electron chi connectivity index (χ0n) is 13.1. The van der Waals surface area contributed by atoms with Crippen LogP contribution in [0.15, 0.2) is 18.9 Å². The number of amides is 2. The van der Waals surface area contributed by atoms with E-state index in [-0.39, 0.29) is 18.2 Å². The van der Waals surface area contributed by atoms with Crippen molar-refractivity contribution in [1.29, 1.82) is 0 Å². The minimum atomic E-state index is -0.434. The van der Waals surface area contributed by atoms with Crippen molar-refractivity contribution >= 4 is 11.8 Å². The van der Waals surface area contributed by atoms with Crippen LogP contribution < -0.4 is 10.6 Å². The lowest BCUT2D eigenvalue weighted by Gasteiger charge is -2.34. The third-order valence-electron chi connectivity index (χ3n) is 3.98. The quantitative estimate of drug-likeness (QED) is 0.714. The van der Waals surface area contributed by atoms with Crippen molar-refractivity contribution in [3.05, 3.63) is 30.1 Å². The number of nitrogens with one attached hydrogen (secondary N) is 2. The average molecular weight is 305 g/mol. The Balaban J connectivity index is 2.12. The molecule has 0 bridgehead atoms. The molecule has 2 N–H and O–H groups in total. The molecule has 1 aromatic rings. The molecule has 2 heterocycles. The fourth-order valence-electron chi connectivity index (χ4n) is 2.62. The first-order valence-corrected chi connectivity index (χ1v) is 7.41. The summed E-state index contributed by atoms with van der Waals surface area (Å²) >= 11 is 0. The van der Waals surface area contributed by atoms with Crippen molar-refractivity contribution in [1.82, 2.24) is 25.3 Å². The second kappa shape index (κ2) is 7.22. The Kier molecular flexibility index (Phi) is 5.32. The fourth-order valence-corrected chi connectivity index (χ4v) is 2.62. The molecule has 7 nitrogen and oxygen atoms in total. The zero-order valence-corrected chi connectivity index (χ0v) is 13.1. The Hall–Kier alpha value is -2.15. The molecule has 0 spiro atoms. The van der Waals surface area contributed by atoms with E-state index in [1.54, 1.807) is 13.1 Å². The predicted octanol–water partition coefficient (Wildman–Crippen LogP) is -0.186. The van der Waals surface area contributed by atoms with Gasteiger partial charge in [-0.25, -0.2) is 0 Å². The van der Waals surface area contributed by atoms with Crippen LogP contribution in [-0.2, 0) is 22.7 Å². The summed E-state index contributed by atoms with van der Waals surface area (Å²) in [4.78, 5) is 25.7. The third-order valence-corrected chi connectivity index (χ3v) is 3.98. The van der Waals surface area contributed by atoms with Crippen LogP contribution in [0.25, 0.3) is 0 Å².